The second kappa shape index (κ2) is 8.06. The van der Waals surface area contributed by atoms with Crippen LogP contribution in [0.3, 0.4) is 0 Å². The van der Waals surface area contributed by atoms with E-state index in [1.165, 1.54) is 12.1 Å². The van der Waals surface area contributed by atoms with E-state index in [0.29, 0.717) is 12.3 Å². The van der Waals surface area contributed by atoms with E-state index < -0.39 is 0 Å². The predicted molar refractivity (Wildman–Crippen MR) is 99.0 cm³/mol. The molecule has 2 N–H and O–H groups in total. The van der Waals surface area contributed by atoms with Gasteiger partial charge in [0.2, 0.25) is 5.91 Å². The number of nitrogens with zero attached hydrogens (tertiary/aromatic N) is 1. The van der Waals surface area contributed by atoms with Gasteiger partial charge in [-0.2, -0.15) is 0 Å². The van der Waals surface area contributed by atoms with Crippen molar-refractivity contribution >= 4 is 17.2 Å². The van der Waals surface area contributed by atoms with E-state index in [9.17, 15) is 9.18 Å². The van der Waals surface area contributed by atoms with Crippen LogP contribution in [-0.4, -0.2) is 24.0 Å². The maximum absolute atomic E-state index is 13.1. The summed E-state index contributed by atoms with van der Waals surface area (Å²) >= 11 is 1.55. The Labute approximate surface area is 151 Å². The number of nitrogens with one attached hydrogen (secondary N) is 2. The summed E-state index contributed by atoms with van der Waals surface area (Å²) in [6.07, 6.45) is 2.67. The number of amides is 1. The van der Waals surface area contributed by atoms with Crippen LogP contribution in [0.15, 0.2) is 24.3 Å². The van der Waals surface area contributed by atoms with Gasteiger partial charge in [0.15, 0.2) is 0 Å². The van der Waals surface area contributed by atoms with Gasteiger partial charge in [0.05, 0.1) is 16.6 Å². The Morgan fingerprint density at radius 1 is 1.44 bits per heavy atom. The Balaban J connectivity index is 1.60. The molecule has 134 valence electrons. The molecule has 0 spiro atoms. The summed E-state index contributed by atoms with van der Waals surface area (Å²) in [5.41, 5.74) is 1.81. The van der Waals surface area contributed by atoms with E-state index in [1.54, 1.807) is 23.5 Å². The molecule has 3 rings (SSSR count). The molecule has 1 aliphatic rings. The Morgan fingerprint density at radius 3 is 2.88 bits per heavy atom. The largest absolute Gasteiger partial charge is 0.349 e. The minimum absolute atomic E-state index is 0.0686. The zero-order valence-corrected chi connectivity index (χ0v) is 15.5. The third kappa shape index (κ3) is 4.64. The smallest absolute Gasteiger partial charge is 0.220 e. The van der Waals surface area contributed by atoms with E-state index >= 15 is 0 Å². The van der Waals surface area contributed by atoms with Crippen molar-refractivity contribution in [2.24, 2.45) is 5.92 Å². The maximum atomic E-state index is 13.1. The molecular formula is C19H24FN3OS. The standard InChI is InChI=1S/C19H24FN3OS/c1-12(22-17(24)8-3-14-9-10-21-11-14)18-13(2)23-19(25-18)15-4-6-16(20)7-5-15/h4-7,12,14,21H,3,8-11H2,1-2H3,(H,22,24). The fourth-order valence-corrected chi connectivity index (χ4v) is 4.28. The van der Waals surface area contributed by atoms with E-state index in [1.807, 2.05) is 13.8 Å². The molecule has 1 amide bonds. The van der Waals surface area contributed by atoms with Crippen molar-refractivity contribution in [1.82, 2.24) is 15.6 Å². The van der Waals surface area contributed by atoms with Crippen molar-refractivity contribution in [1.29, 1.82) is 0 Å². The number of hydrogen-bond donors (Lipinski definition) is 2. The molecule has 25 heavy (non-hydrogen) atoms. The molecule has 4 nitrogen and oxygen atoms in total. The van der Waals surface area contributed by atoms with Crippen molar-refractivity contribution in [3.05, 3.63) is 40.7 Å². The molecular weight excluding hydrogens is 337 g/mol. The highest BCUT2D eigenvalue weighted by Crippen LogP contribution is 2.32. The molecule has 1 aromatic heterocycles. The average molecular weight is 361 g/mol. The van der Waals surface area contributed by atoms with Gasteiger partial charge in [-0.25, -0.2) is 9.37 Å². The Kier molecular flexibility index (Phi) is 5.81. The van der Waals surface area contributed by atoms with Gasteiger partial charge in [0.25, 0.3) is 0 Å². The van der Waals surface area contributed by atoms with Gasteiger partial charge in [-0.1, -0.05) is 0 Å². The summed E-state index contributed by atoms with van der Waals surface area (Å²) < 4.78 is 13.1. The van der Waals surface area contributed by atoms with Crippen LogP contribution in [0, 0.1) is 18.7 Å². The first kappa shape index (κ1) is 18.0. The van der Waals surface area contributed by atoms with Crippen LogP contribution in [0.1, 0.15) is 42.8 Å². The summed E-state index contributed by atoms with van der Waals surface area (Å²) in [4.78, 5) is 17.9. The van der Waals surface area contributed by atoms with Crippen LogP contribution in [-0.2, 0) is 4.79 Å². The summed E-state index contributed by atoms with van der Waals surface area (Å²) in [6, 6.07) is 6.27. The van der Waals surface area contributed by atoms with Crippen LogP contribution < -0.4 is 10.6 Å². The average Bonchev–Trinajstić information content (AvgIpc) is 3.23. The molecule has 2 aromatic rings. The molecule has 0 saturated carbocycles. The highest BCUT2D eigenvalue weighted by Gasteiger charge is 2.19. The number of rotatable bonds is 6. The number of carbonyl (C=O) groups excluding carboxylic acids is 1. The Morgan fingerprint density at radius 2 is 2.20 bits per heavy atom. The fourth-order valence-electron chi connectivity index (χ4n) is 3.20. The number of benzene rings is 1. The molecule has 1 saturated heterocycles. The molecule has 2 unspecified atom stereocenters. The van der Waals surface area contributed by atoms with Crippen molar-refractivity contribution in [3.8, 4) is 10.6 Å². The number of carbonyl (C=O) groups is 1. The number of aromatic nitrogens is 1. The molecule has 6 heteroatoms. The lowest BCUT2D eigenvalue weighted by molar-refractivity contribution is -0.122. The topological polar surface area (TPSA) is 54.0 Å². The van der Waals surface area contributed by atoms with Crippen molar-refractivity contribution < 1.29 is 9.18 Å². The highest BCUT2D eigenvalue weighted by atomic mass is 32.1. The molecule has 0 bridgehead atoms. The number of aryl methyl sites for hydroxylation is 1. The van der Waals surface area contributed by atoms with E-state index in [2.05, 4.69) is 15.6 Å². The van der Waals surface area contributed by atoms with Crippen molar-refractivity contribution in [2.75, 3.05) is 13.1 Å². The molecule has 0 radical (unpaired) electrons. The van der Waals surface area contributed by atoms with Gasteiger partial charge in [0, 0.05) is 12.0 Å². The summed E-state index contributed by atoms with van der Waals surface area (Å²) in [5.74, 6) is 0.460. The van der Waals surface area contributed by atoms with Crippen molar-refractivity contribution in [3.63, 3.8) is 0 Å². The second-order valence-corrected chi connectivity index (χ2v) is 7.69. The first-order valence-corrected chi connectivity index (χ1v) is 9.58. The van der Waals surface area contributed by atoms with Crippen molar-refractivity contribution in [2.45, 2.75) is 39.2 Å². The zero-order valence-electron chi connectivity index (χ0n) is 14.6. The monoisotopic (exact) mass is 361 g/mol. The third-order valence-corrected chi connectivity index (χ3v) is 6.03. The zero-order chi connectivity index (χ0) is 17.8. The van der Waals surface area contributed by atoms with Gasteiger partial charge >= 0.3 is 0 Å². The Bertz CT molecular complexity index is 723. The van der Waals surface area contributed by atoms with Crippen LogP contribution in [0.2, 0.25) is 0 Å². The van der Waals surface area contributed by atoms with Gasteiger partial charge in [-0.3, -0.25) is 4.79 Å². The van der Waals surface area contributed by atoms with Gasteiger partial charge in [-0.05, 0) is 70.0 Å². The fraction of sp³-hybridized carbons (Fsp3) is 0.474. The maximum Gasteiger partial charge on any atom is 0.220 e. The van der Waals surface area contributed by atoms with E-state index in [0.717, 1.165) is 47.1 Å². The summed E-state index contributed by atoms with van der Waals surface area (Å²) in [6.45, 7) is 6.03. The van der Waals surface area contributed by atoms with Gasteiger partial charge < -0.3 is 10.6 Å². The third-order valence-electron chi connectivity index (χ3n) is 4.64. The minimum atomic E-state index is -0.254. The Hall–Kier alpha value is -1.79. The molecule has 2 heterocycles. The second-order valence-electron chi connectivity index (χ2n) is 6.66. The summed E-state index contributed by atoms with van der Waals surface area (Å²) in [7, 11) is 0. The lowest BCUT2D eigenvalue weighted by Gasteiger charge is -2.14. The molecule has 1 aromatic carbocycles. The first-order valence-electron chi connectivity index (χ1n) is 8.76. The molecule has 2 atom stereocenters. The lowest BCUT2D eigenvalue weighted by Crippen LogP contribution is -2.27. The van der Waals surface area contributed by atoms with Crippen LogP contribution in [0.25, 0.3) is 10.6 Å². The number of halogens is 1. The van der Waals surface area contributed by atoms with Gasteiger partial charge in [-0.15, -0.1) is 11.3 Å². The van der Waals surface area contributed by atoms with Gasteiger partial charge in [0.1, 0.15) is 10.8 Å². The van der Waals surface area contributed by atoms with Crippen LogP contribution in [0.4, 0.5) is 4.39 Å². The normalized spacial score (nSPS) is 18.3. The number of hydrogen-bond acceptors (Lipinski definition) is 4. The predicted octanol–water partition coefficient (Wildman–Crippen LogP) is 3.82. The lowest BCUT2D eigenvalue weighted by atomic mass is 10.0. The quantitative estimate of drug-likeness (QED) is 0.822. The SMILES string of the molecule is Cc1nc(-c2ccc(F)cc2)sc1C(C)NC(=O)CCC1CCNC1. The molecule has 1 fully saturated rings. The summed E-state index contributed by atoms with van der Waals surface area (Å²) in [5, 5.41) is 7.27. The molecule has 1 aliphatic heterocycles. The van der Waals surface area contributed by atoms with E-state index in [4.69, 9.17) is 0 Å². The molecule has 0 aliphatic carbocycles. The van der Waals surface area contributed by atoms with Crippen LogP contribution >= 0.6 is 11.3 Å². The minimum Gasteiger partial charge on any atom is -0.349 e. The van der Waals surface area contributed by atoms with E-state index in [-0.39, 0.29) is 17.8 Å². The highest BCUT2D eigenvalue weighted by molar-refractivity contribution is 7.15. The number of thiazole rings is 1. The first-order chi connectivity index (χ1) is 12.0. The van der Waals surface area contributed by atoms with Crippen LogP contribution in [0.5, 0.6) is 0 Å².